The Kier molecular flexibility index (Phi) is 4.62. The van der Waals surface area contributed by atoms with Crippen molar-refractivity contribution in [3.05, 3.63) is 35.9 Å². The van der Waals surface area contributed by atoms with Crippen molar-refractivity contribution in [2.24, 2.45) is 0 Å². The van der Waals surface area contributed by atoms with Gasteiger partial charge in [0, 0.05) is 18.8 Å². The van der Waals surface area contributed by atoms with E-state index in [2.05, 4.69) is 20.5 Å². The largest absolute Gasteiger partial charge is 0.479 e. The fraction of sp³-hybridized carbons (Fsp3) is 0.500. The first kappa shape index (κ1) is 15.1. The van der Waals surface area contributed by atoms with Gasteiger partial charge in [0.15, 0.2) is 11.4 Å². The van der Waals surface area contributed by atoms with Gasteiger partial charge >= 0.3 is 5.97 Å². The lowest BCUT2D eigenvalue weighted by atomic mass is 9.93. The minimum Gasteiger partial charge on any atom is -0.479 e. The van der Waals surface area contributed by atoms with E-state index in [1.54, 1.807) is 12.4 Å². The van der Waals surface area contributed by atoms with Crippen molar-refractivity contribution in [3.8, 4) is 0 Å². The van der Waals surface area contributed by atoms with Crippen molar-refractivity contribution in [2.45, 2.75) is 45.1 Å². The summed E-state index contributed by atoms with van der Waals surface area (Å²) in [6, 6.07) is 3.86. The summed E-state index contributed by atoms with van der Waals surface area (Å²) in [6.07, 6.45) is 5.67. The number of carbonyl (C=O) groups is 1. The van der Waals surface area contributed by atoms with Gasteiger partial charge in [0.2, 0.25) is 0 Å². The van der Waals surface area contributed by atoms with Crippen LogP contribution in [0.1, 0.15) is 38.1 Å². The van der Waals surface area contributed by atoms with E-state index >= 15 is 0 Å². The van der Waals surface area contributed by atoms with Crippen LogP contribution in [0.15, 0.2) is 24.5 Å². The highest BCUT2D eigenvalue weighted by Crippen LogP contribution is 2.26. The maximum atomic E-state index is 11.7. The Morgan fingerprint density at radius 1 is 1.24 bits per heavy atom. The van der Waals surface area contributed by atoms with Crippen LogP contribution in [-0.4, -0.2) is 36.3 Å². The number of carboxylic acid groups (broad SMARTS) is 1. The summed E-state index contributed by atoms with van der Waals surface area (Å²) < 4.78 is 1.47. The molecular formula is C14H19N5O2. The number of tetrazole rings is 1. The van der Waals surface area contributed by atoms with Crippen molar-refractivity contribution in [2.75, 3.05) is 0 Å². The molecule has 112 valence electrons. The average molecular weight is 289 g/mol. The standard InChI is InChI=1S/C14H19N5O2/c1-3-14(4-2,13(20)21)19-12(16-17-18-19)6-5-11-7-9-15-10-8-11/h7-10H,3-6H2,1-2H3,(H,20,21). The minimum absolute atomic E-state index is 0.437. The predicted molar refractivity (Wildman–Crippen MR) is 75.7 cm³/mol. The average Bonchev–Trinajstić information content (AvgIpc) is 2.97. The molecule has 0 amide bonds. The number of aromatic nitrogens is 5. The molecular weight excluding hydrogens is 270 g/mol. The van der Waals surface area contributed by atoms with Crippen LogP contribution in [0.5, 0.6) is 0 Å². The summed E-state index contributed by atoms with van der Waals surface area (Å²) >= 11 is 0. The van der Waals surface area contributed by atoms with Crippen LogP contribution in [0.2, 0.25) is 0 Å². The number of nitrogens with zero attached hydrogens (tertiary/aromatic N) is 5. The van der Waals surface area contributed by atoms with Gasteiger partial charge < -0.3 is 5.11 Å². The molecule has 7 nitrogen and oxygen atoms in total. The highest BCUT2D eigenvalue weighted by Gasteiger charge is 2.40. The molecule has 2 heterocycles. The molecule has 0 bridgehead atoms. The van der Waals surface area contributed by atoms with Gasteiger partial charge in [0.05, 0.1) is 0 Å². The summed E-state index contributed by atoms with van der Waals surface area (Å²) in [7, 11) is 0. The van der Waals surface area contributed by atoms with E-state index < -0.39 is 11.5 Å². The first-order chi connectivity index (χ1) is 10.1. The molecule has 0 saturated carbocycles. The molecule has 0 aliphatic rings. The smallest absolute Gasteiger partial charge is 0.331 e. The normalized spacial score (nSPS) is 11.5. The number of hydrogen-bond acceptors (Lipinski definition) is 5. The minimum atomic E-state index is -1.07. The molecule has 0 atom stereocenters. The summed E-state index contributed by atoms with van der Waals surface area (Å²) in [6.45, 7) is 3.68. The lowest BCUT2D eigenvalue weighted by molar-refractivity contribution is -0.148. The van der Waals surface area contributed by atoms with Gasteiger partial charge in [-0.2, -0.15) is 0 Å². The van der Waals surface area contributed by atoms with Gasteiger partial charge in [-0.15, -0.1) is 5.10 Å². The van der Waals surface area contributed by atoms with E-state index in [-0.39, 0.29) is 0 Å². The van der Waals surface area contributed by atoms with E-state index in [0.29, 0.717) is 25.1 Å². The molecule has 0 aliphatic heterocycles. The number of aryl methyl sites for hydroxylation is 2. The second-order valence-corrected chi connectivity index (χ2v) is 4.91. The SMILES string of the molecule is CCC(CC)(C(=O)O)n1nnnc1CCc1ccncc1. The van der Waals surface area contributed by atoms with E-state index in [4.69, 9.17) is 0 Å². The number of aliphatic carboxylic acids is 1. The van der Waals surface area contributed by atoms with E-state index in [1.807, 2.05) is 26.0 Å². The molecule has 0 fully saturated rings. The van der Waals surface area contributed by atoms with Crippen LogP contribution in [0.3, 0.4) is 0 Å². The van der Waals surface area contributed by atoms with Crippen LogP contribution in [-0.2, 0) is 23.2 Å². The van der Waals surface area contributed by atoms with Crippen LogP contribution >= 0.6 is 0 Å². The summed E-state index contributed by atoms with van der Waals surface area (Å²) in [5, 5.41) is 21.2. The summed E-state index contributed by atoms with van der Waals surface area (Å²) in [5.41, 5.74) is 0.0466. The number of carboxylic acids is 1. The maximum Gasteiger partial charge on any atom is 0.331 e. The lowest BCUT2D eigenvalue weighted by Crippen LogP contribution is -2.42. The number of hydrogen-bond donors (Lipinski definition) is 1. The molecule has 2 aromatic heterocycles. The number of pyridine rings is 1. The van der Waals surface area contributed by atoms with Gasteiger partial charge in [-0.1, -0.05) is 13.8 Å². The Balaban J connectivity index is 2.23. The van der Waals surface area contributed by atoms with E-state index in [1.165, 1.54) is 4.68 Å². The highest BCUT2D eigenvalue weighted by atomic mass is 16.4. The maximum absolute atomic E-state index is 11.7. The molecule has 2 aromatic rings. The fourth-order valence-electron chi connectivity index (χ4n) is 2.44. The third-order valence-electron chi connectivity index (χ3n) is 3.89. The molecule has 0 saturated heterocycles. The highest BCUT2D eigenvalue weighted by molar-refractivity contribution is 5.76. The Morgan fingerprint density at radius 2 is 1.90 bits per heavy atom. The fourth-order valence-corrected chi connectivity index (χ4v) is 2.44. The monoisotopic (exact) mass is 289 g/mol. The first-order valence-corrected chi connectivity index (χ1v) is 7.04. The van der Waals surface area contributed by atoms with Crippen LogP contribution < -0.4 is 0 Å². The molecule has 1 N–H and O–H groups in total. The Labute approximate surface area is 123 Å². The third-order valence-corrected chi connectivity index (χ3v) is 3.89. The van der Waals surface area contributed by atoms with E-state index in [0.717, 1.165) is 12.0 Å². The lowest BCUT2D eigenvalue weighted by Gasteiger charge is -2.27. The predicted octanol–water partition coefficient (Wildman–Crippen LogP) is 1.45. The van der Waals surface area contributed by atoms with Crippen molar-refractivity contribution < 1.29 is 9.90 Å². The Hall–Kier alpha value is -2.31. The molecule has 0 aromatic carbocycles. The van der Waals surface area contributed by atoms with Crippen molar-refractivity contribution >= 4 is 5.97 Å². The zero-order valence-electron chi connectivity index (χ0n) is 12.2. The topological polar surface area (TPSA) is 93.8 Å². The van der Waals surface area contributed by atoms with Gasteiger partial charge in [-0.05, 0) is 47.4 Å². The van der Waals surface area contributed by atoms with Crippen LogP contribution in [0.4, 0.5) is 0 Å². The first-order valence-electron chi connectivity index (χ1n) is 7.04. The molecule has 2 rings (SSSR count). The molecule has 21 heavy (non-hydrogen) atoms. The number of rotatable bonds is 7. The molecule has 0 unspecified atom stereocenters. The zero-order valence-corrected chi connectivity index (χ0v) is 12.2. The van der Waals surface area contributed by atoms with Crippen LogP contribution in [0.25, 0.3) is 0 Å². The van der Waals surface area contributed by atoms with Crippen LogP contribution in [0, 0.1) is 0 Å². The van der Waals surface area contributed by atoms with Crippen molar-refractivity contribution in [1.29, 1.82) is 0 Å². The summed E-state index contributed by atoms with van der Waals surface area (Å²) in [5.74, 6) is -0.303. The molecule has 0 radical (unpaired) electrons. The second-order valence-electron chi connectivity index (χ2n) is 4.91. The van der Waals surface area contributed by atoms with E-state index in [9.17, 15) is 9.90 Å². The van der Waals surface area contributed by atoms with Gasteiger partial charge in [-0.25, -0.2) is 9.48 Å². The summed E-state index contributed by atoms with van der Waals surface area (Å²) in [4.78, 5) is 15.7. The molecule has 7 heteroatoms. The molecule has 0 aliphatic carbocycles. The quantitative estimate of drug-likeness (QED) is 0.829. The van der Waals surface area contributed by atoms with Crippen molar-refractivity contribution in [3.63, 3.8) is 0 Å². The Bertz CT molecular complexity index is 592. The van der Waals surface area contributed by atoms with Gasteiger partial charge in [-0.3, -0.25) is 4.98 Å². The Morgan fingerprint density at radius 3 is 2.48 bits per heavy atom. The van der Waals surface area contributed by atoms with Gasteiger partial charge in [0.1, 0.15) is 0 Å². The second kappa shape index (κ2) is 6.43. The zero-order chi connectivity index (χ0) is 15.3. The third kappa shape index (κ3) is 2.91. The molecule has 0 spiro atoms. The van der Waals surface area contributed by atoms with Crippen molar-refractivity contribution in [1.82, 2.24) is 25.2 Å². The van der Waals surface area contributed by atoms with Gasteiger partial charge in [0.25, 0.3) is 0 Å².